The highest BCUT2D eigenvalue weighted by Gasteiger charge is 2.49. The summed E-state index contributed by atoms with van der Waals surface area (Å²) in [5.41, 5.74) is 0.360. The summed E-state index contributed by atoms with van der Waals surface area (Å²) < 4.78 is 27.8. The van der Waals surface area contributed by atoms with Crippen LogP contribution in [0, 0.1) is 5.95 Å². The summed E-state index contributed by atoms with van der Waals surface area (Å²) in [4.78, 5) is 15.6. The van der Waals surface area contributed by atoms with Gasteiger partial charge in [0.15, 0.2) is 0 Å². The van der Waals surface area contributed by atoms with Crippen molar-refractivity contribution in [3.63, 3.8) is 0 Å². The highest BCUT2D eigenvalue weighted by molar-refractivity contribution is 5.68. The Morgan fingerprint density at radius 2 is 2.29 bits per heavy atom. The maximum absolute atomic E-state index is 14.2. The van der Waals surface area contributed by atoms with Crippen molar-refractivity contribution in [2.45, 2.75) is 31.1 Å². The number of fused-ring (bicyclic) bond motifs is 4. The number of carbonyl (C=O) groups is 1. The lowest BCUT2D eigenvalue weighted by atomic mass is 9.93. The van der Waals surface area contributed by atoms with Crippen LogP contribution in [0.25, 0.3) is 0 Å². The maximum Gasteiger partial charge on any atom is 0.408 e. The third-order valence-corrected chi connectivity index (χ3v) is 3.59. The molecule has 0 saturated carbocycles. The zero-order valence-electron chi connectivity index (χ0n) is 8.81. The normalized spacial score (nSPS) is 30.2. The van der Waals surface area contributed by atoms with Gasteiger partial charge < -0.3 is 5.11 Å². The molecule has 1 N–H and O–H groups in total. The molecule has 6 heteroatoms. The fourth-order valence-corrected chi connectivity index (χ4v) is 2.92. The number of pyridine rings is 1. The molecule has 90 valence electrons. The Hall–Kier alpha value is -1.72. The van der Waals surface area contributed by atoms with Gasteiger partial charge in [0.2, 0.25) is 5.95 Å². The molecule has 3 atom stereocenters. The monoisotopic (exact) mass is 240 g/mol. The average Bonchev–Trinajstić information content (AvgIpc) is 2.66. The van der Waals surface area contributed by atoms with Crippen LogP contribution < -0.4 is 0 Å². The zero-order valence-corrected chi connectivity index (χ0v) is 8.81. The van der Waals surface area contributed by atoms with Gasteiger partial charge >= 0.3 is 6.09 Å². The Bertz CT molecular complexity index is 494. The molecule has 3 unspecified atom stereocenters. The summed E-state index contributed by atoms with van der Waals surface area (Å²) >= 11 is 0. The fraction of sp³-hybridized carbons (Fsp3) is 0.455. The second-order valence-corrected chi connectivity index (χ2v) is 4.36. The molecule has 1 aromatic rings. The van der Waals surface area contributed by atoms with Gasteiger partial charge in [0.25, 0.3) is 0 Å². The molecule has 3 rings (SSSR count). The summed E-state index contributed by atoms with van der Waals surface area (Å²) in [6.45, 7) is 0. The molecule has 1 saturated heterocycles. The number of amides is 1. The van der Waals surface area contributed by atoms with Crippen LogP contribution >= 0.6 is 0 Å². The molecular weight excluding hydrogens is 230 g/mol. The van der Waals surface area contributed by atoms with Gasteiger partial charge in [0.1, 0.15) is 6.17 Å². The maximum atomic E-state index is 14.2. The largest absolute Gasteiger partial charge is 0.465 e. The summed E-state index contributed by atoms with van der Waals surface area (Å²) in [5.74, 6) is -0.762. The van der Waals surface area contributed by atoms with E-state index >= 15 is 0 Å². The minimum absolute atomic E-state index is 0.108. The van der Waals surface area contributed by atoms with Gasteiger partial charge in [0.05, 0.1) is 12.1 Å². The standard InChI is InChI=1S/C11H10F2N2O2/c12-9-5-3-4-14-10(13)8(5)6-1-2-7(9)15(6)11(16)17/h3-4,6-7,9H,1-2H2,(H,16,17). The van der Waals surface area contributed by atoms with E-state index in [0.29, 0.717) is 12.8 Å². The summed E-state index contributed by atoms with van der Waals surface area (Å²) in [5, 5.41) is 9.07. The Morgan fingerprint density at radius 3 is 3.00 bits per heavy atom. The Balaban J connectivity index is 2.19. The van der Waals surface area contributed by atoms with Gasteiger partial charge in [-0.3, -0.25) is 4.90 Å². The highest BCUT2D eigenvalue weighted by Crippen LogP contribution is 2.50. The zero-order chi connectivity index (χ0) is 12.2. The van der Waals surface area contributed by atoms with Crippen LogP contribution in [-0.2, 0) is 0 Å². The van der Waals surface area contributed by atoms with E-state index in [4.69, 9.17) is 5.11 Å². The third kappa shape index (κ3) is 1.26. The van der Waals surface area contributed by atoms with Crippen LogP contribution in [0.15, 0.2) is 12.3 Å². The van der Waals surface area contributed by atoms with Gasteiger partial charge in [-0.25, -0.2) is 14.2 Å². The summed E-state index contributed by atoms with van der Waals surface area (Å²) in [7, 11) is 0. The summed E-state index contributed by atoms with van der Waals surface area (Å²) in [6.07, 6.45) is -0.568. The SMILES string of the molecule is O=C(O)N1C2CCC1C(F)c1ccnc(F)c12. The smallest absolute Gasteiger partial charge is 0.408 e. The lowest BCUT2D eigenvalue weighted by molar-refractivity contribution is 0.0798. The predicted molar refractivity (Wildman–Crippen MR) is 53.7 cm³/mol. The van der Waals surface area contributed by atoms with E-state index in [1.807, 2.05) is 0 Å². The number of hydrogen-bond acceptors (Lipinski definition) is 2. The fourth-order valence-electron chi connectivity index (χ4n) is 2.92. The number of nitrogens with zero attached hydrogens (tertiary/aromatic N) is 2. The van der Waals surface area contributed by atoms with Gasteiger partial charge in [0, 0.05) is 11.8 Å². The molecule has 0 aromatic carbocycles. The first-order chi connectivity index (χ1) is 8.11. The second kappa shape index (κ2) is 3.38. The molecule has 17 heavy (non-hydrogen) atoms. The van der Waals surface area contributed by atoms with E-state index in [1.54, 1.807) is 0 Å². The first-order valence-electron chi connectivity index (χ1n) is 5.41. The van der Waals surface area contributed by atoms with E-state index in [-0.39, 0.29) is 11.1 Å². The molecule has 2 bridgehead atoms. The predicted octanol–water partition coefficient (Wildman–Crippen LogP) is 2.43. The summed E-state index contributed by atoms with van der Waals surface area (Å²) in [6, 6.07) is 0.160. The van der Waals surface area contributed by atoms with Crippen LogP contribution in [0.5, 0.6) is 0 Å². The lowest BCUT2D eigenvalue weighted by Crippen LogP contribution is -2.43. The van der Waals surface area contributed by atoms with Crippen molar-refractivity contribution in [1.29, 1.82) is 0 Å². The van der Waals surface area contributed by atoms with Gasteiger partial charge in [-0.1, -0.05) is 0 Å². The van der Waals surface area contributed by atoms with E-state index in [9.17, 15) is 13.6 Å². The van der Waals surface area contributed by atoms with Crippen LogP contribution in [-0.4, -0.2) is 27.1 Å². The molecule has 1 amide bonds. The second-order valence-electron chi connectivity index (χ2n) is 4.36. The number of aromatic nitrogens is 1. The van der Waals surface area contributed by atoms with Crippen molar-refractivity contribution in [3.05, 3.63) is 29.3 Å². The number of rotatable bonds is 0. The first kappa shape index (κ1) is 10.4. The van der Waals surface area contributed by atoms with Crippen LogP contribution in [0.3, 0.4) is 0 Å². The Morgan fingerprint density at radius 1 is 1.53 bits per heavy atom. The van der Waals surface area contributed by atoms with E-state index in [2.05, 4.69) is 4.98 Å². The van der Waals surface area contributed by atoms with Gasteiger partial charge in [-0.15, -0.1) is 0 Å². The van der Waals surface area contributed by atoms with Crippen LogP contribution in [0.1, 0.15) is 36.2 Å². The molecule has 0 spiro atoms. The van der Waals surface area contributed by atoms with Crippen molar-refractivity contribution in [2.24, 2.45) is 0 Å². The molecule has 4 nitrogen and oxygen atoms in total. The molecule has 1 aromatic heterocycles. The topological polar surface area (TPSA) is 53.4 Å². The molecule has 0 aliphatic carbocycles. The quantitative estimate of drug-likeness (QED) is 0.708. The molecule has 2 aliphatic rings. The number of halogens is 2. The minimum atomic E-state index is -1.46. The van der Waals surface area contributed by atoms with E-state index in [0.717, 1.165) is 4.90 Å². The van der Waals surface area contributed by atoms with Crippen molar-refractivity contribution >= 4 is 6.09 Å². The molecule has 0 radical (unpaired) electrons. The van der Waals surface area contributed by atoms with Crippen molar-refractivity contribution < 1.29 is 18.7 Å². The van der Waals surface area contributed by atoms with Crippen molar-refractivity contribution in [3.8, 4) is 0 Å². The lowest BCUT2D eigenvalue weighted by Gasteiger charge is -2.36. The molecule has 3 heterocycles. The minimum Gasteiger partial charge on any atom is -0.465 e. The first-order valence-corrected chi connectivity index (χ1v) is 5.41. The van der Waals surface area contributed by atoms with E-state index in [1.165, 1.54) is 12.3 Å². The Kier molecular flexibility index (Phi) is 2.08. The number of carboxylic acid groups (broad SMARTS) is 1. The van der Waals surface area contributed by atoms with Gasteiger partial charge in [-0.05, 0) is 24.5 Å². The van der Waals surface area contributed by atoms with Gasteiger partial charge in [-0.2, -0.15) is 4.39 Å². The molecular formula is C11H10F2N2O2. The average molecular weight is 240 g/mol. The number of hydrogen-bond donors (Lipinski definition) is 1. The molecule has 2 aliphatic heterocycles. The third-order valence-electron chi connectivity index (χ3n) is 3.59. The van der Waals surface area contributed by atoms with E-state index < -0.39 is 30.3 Å². The molecule has 1 fully saturated rings. The highest BCUT2D eigenvalue weighted by atomic mass is 19.1. The van der Waals surface area contributed by atoms with Crippen molar-refractivity contribution in [1.82, 2.24) is 9.88 Å². The number of alkyl halides is 1. The van der Waals surface area contributed by atoms with Crippen LogP contribution in [0.2, 0.25) is 0 Å². The Labute approximate surface area is 95.9 Å². The van der Waals surface area contributed by atoms with Crippen molar-refractivity contribution in [2.75, 3.05) is 0 Å². The van der Waals surface area contributed by atoms with Crippen LogP contribution in [0.4, 0.5) is 13.6 Å².